The second-order valence-electron chi connectivity index (χ2n) is 4.40. The van der Waals surface area contributed by atoms with E-state index in [1.807, 2.05) is 25.3 Å². The van der Waals surface area contributed by atoms with Gasteiger partial charge in [0.15, 0.2) is 5.82 Å². The predicted molar refractivity (Wildman–Crippen MR) is 62.8 cm³/mol. The van der Waals surface area contributed by atoms with Gasteiger partial charge in [-0.3, -0.25) is 0 Å². The number of pyridine rings is 1. The van der Waals surface area contributed by atoms with Gasteiger partial charge >= 0.3 is 0 Å². The molecule has 0 aliphatic heterocycles. The number of aromatic nitrogens is 3. The molecule has 0 spiro atoms. The molecule has 0 atom stereocenters. The number of aryl methyl sites for hydroxylation is 1. The number of hydrogen-bond acceptors (Lipinski definition) is 3. The van der Waals surface area contributed by atoms with Crippen molar-refractivity contribution in [3.8, 4) is 11.9 Å². The fraction of sp³-hybridized carbons (Fsp3) is 0.308. The molecule has 0 radical (unpaired) electrons. The summed E-state index contributed by atoms with van der Waals surface area (Å²) in [6, 6.07) is 7.80. The van der Waals surface area contributed by atoms with E-state index in [4.69, 9.17) is 5.26 Å². The summed E-state index contributed by atoms with van der Waals surface area (Å²) in [5.74, 6) is 1.24. The molecule has 84 valence electrons. The summed E-state index contributed by atoms with van der Waals surface area (Å²) in [5.41, 5.74) is 2.56. The van der Waals surface area contributed by atoms with E-state index in [9.17, 15) is 0 Å². The Bertz CT molecular complexity index is 602. The van der Waals surface area contributed by atoms with Crippen LogP contribution in [0.15, 0.2) is 24.4 Å². The maximum atomic E-state index is 9.07. The van der Waals surface area contributed by atoms with Gasteiger partial charge in [0.1, 0.15) is 6.07 Å². The zero-order valence-corrected chi connectivity index (χ0v) is 9.59. The largest absolute Gasteiger partial charge is 0.233 e. The van der Waals surface area contributed by atoms with Crippen molar-refractivity contribution in [2.75, 3.05) is 0 Å². The van der Waals surface area contributed by atoms with Gasteiger partial charge in [0.05, 0.1) is 11.3 Å². The quantitative estimate of drug-likeness (QED) is 0.786. The Kier molecular flexibility index (Phi) is 2.19. The average Bonchev–Trinajstić information content (AvgIpc) is 3.07. The monoisotopic (exact) mass is 224 g/mol. The van der Waals surface area contributed by atoms with Gasteiger partial charge in [0, 0.05) is 17.8 Å². The molecule has 1 aliphatic carbocycles. The number of hydrogen-bond donors (Lipinski definition) is 0. The minimum absolute atomic E-state index is 0.557. The van der Waals surface area contributed by atoms with Crippen LogP contribution in [-0.4, -0.2) is 14.8 Å². The van der Waals surface area contributed by atoms with E-state index in [2.05, 4.69) is 16.2 Å². The summed E-state index contributed by atoms with van der Waals surface area (Å²) in [6.45, 7) is 1.91. The molecule has 1 fully saturated rings. The number of rotatable bonds is 2. The SMILES string of the molecule is Cc1ccc(C#N)c(-n2ccc(C3CC3)n2)n1. The summed E-state index contributed by atoms with van der Waals surface area (Å²) < 4.78 is 1.71. The summed E-state index contributed by atoms with van der Waals surface area (Å²) in [6.07, 6.45) is 4.34. The van der Waals surface area contributed by atoms with Crippen molar-refractivity contribution in [3.63, 3.8) is 0 Å². The Morgan fingerprint density at radius 1 is 1.35 bits per heavy atom. The lowest BCUT2D eigenvalue weighted by molar-refractivity contribution is 0.806. The van der Waals surface area contributed by atoms with Gasteiger partial charge in [0.25, 0.3) is 0 Å². The van der Waals surface area contributed by atoms with Crippen molar-refractivity contribution >= 4 is 0 Å². The van der Waals surface area contributed by atoms with E-state index in [0.29, 0.717) is 17.3 Å². The molecule has 4 nitrogen and oxygen atoms in total. The molecular formula is C13H12N4. The van der Waals surface area contributed by atoms with E-state index in [0.717, 1.165) is 11.4 Å². The Hall–Kier alpha value is -2.15. The molecule has 1 aliphatic rings. The first kappa shape index (κ1) is 10.0. The smallest absolute Gasteiger partial charge is 0.171 e. The van der Waals surface area contributed by atoms with Crippen LogP contribution in [0.3, 0.4) is 0 Å². The molecular weight excluding hydrogens is 212 g/mol. The minimum atomic E-state index is 0.557. The highest BCUT2D eigenvalue weighted by atomic mass is 15.3. The molecule has 0 unspecified atom stereocenters. The molecule has 0 saturated heterocycles. The van der Waals surface area contributed by atoms with Gasteiger partial charge in [-0.25, -0.2) is 9.67 Å². The minimum Gasteiger partial charge on any atom is -0.233 e. The first-order chi connectivity index (χ1) is 8.28. The topological polar surface area (TPSA) is 54.5 Å². The Balaban J connectivity index is 2.07. The first-order valence-electron chi connectivity index (χ1n) is 5.71. The van der Waals surface area contributed by atoms with Crippen LogP contribution >= 0.6 is 0 Å². The van der Waals surface area contributed by atoms with Crippen LogP contribution < -0.4 is 0 Å². The van der Waals surface area contributed by atoms with Gasteiger partial charge in [-0.1, -0.05) is 0 Å². The zero-order chi connectivity index (χ0) is 11.8. The van der Waals surface area contributed by atoms with Crippen molar-refractivity contribution in [1.82, 2.24) is 14.8 Å². The third-order valence-corrected chi connectivity index (χ3v) is 2.96. The molecule has 4 heteroatoms. The maximum absolute atomic E-state index is 9.07. The predicted octanol–water partition coefficient (Wildman–Crippen LogP) is 2.32. The summed E-state index contributed by atoms with van der Waals surface area (Å²) >= 11 is 0. The first-order valence-corrected chi connectivity index (χ1v) is 5.71. The molecule has 0 aromatic carbocycles. The highest BCUT2D eigenvalue weighted by molar-refractivity contribution is 5.43. The van der Waals surface area contributed by atoms with E-state index >= 15 is 0 Å². The maximum Gasteiger partial charge on any atom is 0.171 e. The fourth-order valence-electron chi connectivity index (χ4n) is 1.86. The van der Waals surface area contributed by atoms with Crippen LogP contribution in [-0.2, 0) is 0 Å². The summed E-state index contributed by atoms with van der Waals surface area (Å²) in [5, 5.41) is 13.6. The van der Waals surface area contributed by atoms with Crippen molar-refractivity contribution in [3.05, 3.63) is 41.3 Å². The summed E-state index contributed by atoms with van der Waals surface area (Å²) in [7, 11) is 0. The van der Waals surface area contributed by atoms with E-state index in [1.54, 1.807) is 10.7 Å². The normalized spacial score (nSPS) is 14.6. The van der Waals surface area contributed by atoms with Gasteiger partial charge in [-0.05, 0) is 38.0 Å². The van der Waals surface area contributed by atoms with Crippen LogP contribution in [0.25, 0.3) is 5.82 Å². The van der Waals surface area contributed by atoms with Crippen molar-refractivity contribution < 1.29 is 0 Å². The lowest BCUT2D eigenvalue weighted by Gasteiger charge is -2.03. The molecule has 0 amide bonds. The number of nitriles is 1. The van der Waals surface area contributed by atoms with Crippen LogP contribution in [0.1, 0.15) is 35.7 Å². The standard InChI is InChI=1S/C13H12N4/c1-9-2-3-11(8-14)13(15-9)17-7-6-12(16-17)10-4-5-10/h2-3,6-7,10H,4-5H2,1H3. The van der Waals surface area contributed by atoms with E-state index < -0.39 is 0 Å². The molecule has 2 aromatic heterocycles. The number of nitrogens with zero attached hydrogens (tertiary/aromatic N) is 4. The molecule has 3 rings (SSSR count). The van der Waals surface area contributed by atoms with Crippen LogP contribution in [0.4, 0.5) is 0 Å². The van der Waals surface area contributed by atoms with E-state index in [1.165, 1.54) is 12.8 Å². The molecule has 0 bridgehead atoms. The zero-order valence-electron chi connectivity index (χ0n) is 9.59. The molecule has 2 heterocycles. The lowest BCUT2D eigenvalue weighted by Crippen LogP contribution is -2.03. The Morgan fingerprint density at radius 2 is 2.18 bits per heavy atom. The van der Waals surface area contributed by atoms with Crippen molar-refractivity contribution in [2.45, 2.75) is 25.7 Å². The third kappa shape index (κ3) is 1.80. The average molecular weight is 224 g/mol. The molecule has 1 saturated carbocycles. The van der Waals surface area contributed by atoms with Crippen molar-refractivity contribution in [1.29, 1.82) is 5.26 Å². The van der Waals surface area contributed by atoms with Crippen LogP contribution in [0.5, 0.6) is 0 Å². The van der Waals surface area contributed by atoms with Crippen molar-refractivity contribution in [2.24, 2.45) is 0 Å². The fourth-order valence-corrected chi connectivity index (χ4v) is 1.86. The second kappa shape index (κ2) is 3.70. The highest BCUT2D eigenvalue weighted by Gasteiger charge is 2.26. The van der Waals surface area contributed by atoms with Gasteiger partial charge in [0.2, 0.25) is 0 Å². The van der Waals surface area contributed by atoms with Gasteiger partial charge in [-0.15, -0.1) is 0 Å². The van der Waals surface area contributed by atoms with Gasteiger partial charge in [-0.2, -0.15) is 10.4 Å². The summed E-state index contributed by atoms with van der Waals surface area (Å²) in [4.78, 5) is 4.39. The van der Waals surface area contributed by atoms with Crippen LogP contribution in [0.2, 0.25) is 0 Å². The Labute approximate surface area is 99.5 Å². The highest BCUT2D eigenvalue weighted by Crippen LogP contribution is 2.39. The molecule has 2 aromatic rings. The van der Waals surface area contributed by atoms with Crippen LogP contribution in [0, 0.1) is 18.3 Å². The van der Waals surface area contributed by atoms with Gasteiger partial charge < -0.3 is 0 Å². The molecule has 17 heavy (non-hydrogen) atoms. The lowest BCUT2D eigenvalue weighted by atomic mass is 10.2. The molecule has 0 N–H and O–H groups in total. The second-order valence-corrected chi connectivity index (χ2v) is 4.40. The third-order valence-electron chi connectivity index (χ3n) is 2.96. The van der Waals surface area contributed by atoms with E-state index in [-0.39, 0.29) is 0 Å². The Morgan fingerprint density at radius 3 is 2.88 bits per heavy atom.